The van der Waals surface area contributed by atoms with E-state index >= 15 is 0 Å². The van der Waals surface area contributed by atoms with E-state index in [1.54, 1.807) is 49.8 Å². The standard InChI is InChI=1S/C31H29N5O2.C30H29N5O2.C28H26N6O2/c1-2-7-27(38)35-18-6-4-9-25(35)31-34-29(30-28(22-14-15-22)33-17-19-36(30)31)23-12-10-21(11-13-23)26(37)20-24-8-3-5-16-32-24;1-2-26(37)34-17-6-4-8-24(34)30-33-28(29-27(21-13-14-21)32-16-18-35(29)30)22-11-9-20(10-12-22)25(36)19-23-7-3-5-15-31-23;1-2-23(35)33-16-5-6-21(33)27-32-25(26-24(18-8-9-18)30-15-17-34(26)27)19-10-12-20(13-11-19)28(36)31-22-7-3-4-14-29-22/h3,5,8,10-13,16-17,19,22,25H,4,6,9,14-15,18,20H2,1H3;2-3,5,7,9-12,15-16,18,21,24H,1,4,6,8,13-14,17,19H2;2-4,7,10-15,17-18,21H,1,5-6,8-9,16H2,(H,29,31,36)/t25-;24-;21-/m000/s1. The van der Waals surface area contributed by atoms with Gasteiger partial charge in [-0.05, 0) is 163 Å². The van der Waals surface area contributed by atoms with Crippen molar-refractivity contribution < 1.29 is 28.8 Å². The first-order chi connectivity index (χ1) is 54.4. The predicted molar refractivity (Wildman–Crippen MR) is 422 cm³/mol. The minimum atomic E-state index is -0.222. The number of rotatable bonds is 19. The van der Waals surface area contributed by atoms with Crippen LogP contribution in [0.3, 0.4) is 0 Å². The van der Waals surface area contributed by atoms with Crippen LogP contribution < -0.4 is 5.32 Å². The van der Waals surface area contributed by atoms with E-state index in [0.29, 0.717) is 59.9 Å². The molecule has 6 aliphatic rings. The number of carbonyl (C=O) groups is 6. The third-order valence-corrected chi connectivity index (χ3v) is 21.7. The lowest BCUT2D eigenvalue weighted by Gasteiger charge is -2.34. The Kier molecular flexibility index (Phi) is 21.0. The Hall–Kier alpha value is -12.8. The smallest absolute Gasteiger partial charge is 0.299 e. The summed E-state index contributed by atoms with van der Waals surface area (Å²) in [7, 11) is 0. The first kappa shape index (κ1) is 72.4. The lowest BCUT2D eigenvalue weighted by Crippen LogP contribution is -2.38. The number of imidazole rings is 3. The minimum absolute atomic E-state index is 0.0272. The van der Waals surface area contributed by atoms with Crippen molar-refractivity contribution in [1.29, 1.82) is 0 Å². The van der Waals surface area contributed by atoms with Crippen molar-refractivity contribution in [2.75, 3.05) is 25.0 Å². The molecule has 12 heterocycles. The molecule has 3 saturated carbocycles. The number of likely N-dealkylation sites (tertiary alicyclic amines) is 3. The Balaban J connectivity index is 0.000000126. The molecule has 12 aromatic rings. The van der Waals surface area contributed by atoms with Crippen LogP contribution in [0.4, 0.5) is 5.82 Å². The van der Waals surface area contributed by atoms with Gasteiger partial charge in [0.25, 0.3) is 11.8 Å². The molecule has 3 aliphatic heterocycles. The maximum Gasteiger partial charge on any atom is 0.299 e. The highest BCUT2D eigenvalue weighted by Gasteiger charge is 2.39. The summed E-state index contributed by atoms with van der Waals surface area (Å²) in [6, 6.07) is 39.0. The third kappa shape index (κ3) is 15.4. The number of anilines is 1. The Labute approximate surface area is 642 Å². The number of benzene rings is 3. The largest absolute Gasteiger partial charge is 0.329 e. The molecule has 3 aromatic carbocycles. The molecular weight excluding hydrogens is 1390 g/mol. The van der Waals surface area contributed by atoms with Crippen LogP contribution in [0.15, 0.2) is 208 Å². The monoisotopic (exact) mass is 1470 g/mol. The second-order valence-corrected chi connectivity index (χ2v) is 29.1. The quantitative estimate of drug-likeness (QED) is 0.0449. The molecule has 9 aromatic heterocycles. The third-order valence-electron chi connectivity index (χ3n) is 21.7. The number of Topliss-reactive ketones (excluding diaryl/α,β-unsaturated/α-hetero) is 2. The van der Waals surface area contributed by atoms with Crippen LogP contribution in [0.2, 0.25) is 0 Å². The normalized spacial score (nSPS) is 17.4. The molecular formula is C89H84N16O6. The van der Waals surface area contributed by atoms with Gasteiger partial charge in [-0.15, -0.1) is 0 Å². The summed E-state index contributed by atoms with van der Waals surface area (Å²) in [4.78, 5) is 125. The molecule has 3 atom stereocenters. The molecule has 22 heteroatoms. The van der Waals surface area contributed by atoms with E-state index in [4.69, 9.17) is 29.9 Å². The first-order valence-electron chi connectivity index (χ1n) is 38.5. The number of fused-ring (bicyclic) bond motifs is 3. The van der Waals surface area contributed by atoms with E-state index in [1.165, 1.54) is 12.2 Å². The van der Waals surface area contributed by atoms with Crippen molar-refractivity contribution in [3.63, 3.8) is 0 Å². The van der Waals surface area contributed by atoms with E-state index in [1.807, 2.05) is 155 Å². The summed E-state index contributed by atoms with van der Waals surface area (Å²) >= 11 is 0. The van der Waals surface area contributed by atoms with Gasteiger partial charge in [0.05, 0.1) is 81.7 Å². The SMILES string of the molecule is C=CC(=O)N1CCCC[C@H]1c1nc(-c2ccc(C(=O)Cc3ccccn3)cc2)c2c(C3CC3)nccn12.C=CC(=O)N1CCC[C@H]1c1nc(-c2ccc(C(=O)Nc3ccccn3)cc2)c2c(C3CC3)nccn12.CC#CC(=O)N1CCCC[C@H]1c1nc(-c2ccc(C(=O)Cc3ccccn3)cc2)c2c(C3CC3)nccn12. The van der Waals surface area contributed by atoms with Gasteiger partial charge < -0.3 is 20.0 Å². The van der Waals surface area contributed by atoms with Crippen molar-refractivity contribution in [2.24, 2.45) is 0 Å². The summed E-state index contributed by atoms with van der Waals surface area (Å²) in [5.74, 6) is 9.38. The maximum atomic E-state index is 12.9. The van der Waals surface area contributed by atoms with Crippen LogP contribution in [-0.4, -0.2) is 128 Å². The van der Waals surface area contributed by atoms with Crippen LogP contribution in [0.5, 0.6) is 0 Å². The molecule has 556 valence electrons. The minimum Gasteiger partial charge on any atom is -0.329 e. The van der Waals surface area contributed by atoms with Gasteiger partial charge in [-0.1, -0.05) is 97.9 Å². The lowest BCUT2D eigenvalue weighted by atomic mass is 10.0. The highest BCUT2D eigenvalue weighted by molar-refractivity contribution is 6.04. The van der Waals surface area contributed by atoms with Crippen molar-refractivity contribution in [1.82, 2.24) is 72.8 Å². The molecule has 0 spiro atoms. The Morgan fingerprint density at radius 2 is 0.802 bits per heavy atom. The average molecular weight is 1470 g/mol. The number of piperidine rings is 2. The Bertz CT molecular complexity index is 5580. The highest BCUT2D eigenvalue weighted by atomic mass is 16.2. The van der Waals surface area contributed by atoms with E-state index in [-0.39, 0.29) is 66.2 Å². The van der Waals surface area contributed by atoms with E-state index < -0.39 is 0 Å². The number of pyridine rings is 3. The van der Waals surface area contributed by atoms with Gasteiger partial charge in [-0.3, -0.25) is 66.9 Å². The number of nitrogens with one attached hydrogen (secondary N) is 1. The number of ketones is 2. The summed E-state index contributed by atoms with van der Waals surface area (Å²) < 4.78 is 6.37. The molecule has 3 aliphatic carbocycles. The summed E-state index contributed by atoms with van der Waals surface area (Å²) in [6.45, 7) is 11.2. The second kappa shape index (κ2) is 32.2. The molecule has 0 bridgehead atoms. The summed E-state index contributed by atoms with van der Waals surface area (Å²) in [6.07, 6.45) is 33.9. The van der Waals surface area contributed by atoms with Crippen molar-refractivity contribution in [2.45, 2.75) is 146 Å². The number of aromatic nitrogens is 12. The molecule has 4 amide bonds. The highest BCUT2D eigenvalue weighted by Crippen LogP contribution is 2.48. The van der Waals surface area contributed by atoms with Gasteiger partial charge in [-0.25, -0.2) is 19.9 Å². The van der Waals surface area contributed by atoms with Crippen LogP contribution in [-0.2, 0) is 27.2 Å². The van der Waals surface area contributed by atoms with E-state index in [0.717, 1.165) is 186 Å². The van der Waals surface area contributed by atoms with Crippen molar-refractivity contribution in [3.8, 4) is 45.6 Å². The lowest BCUT2D eigenvalue weighted by molar-refractivity contribution is -0.130. The zero-order valence-electron chi connectivity index (χ0n) is 61.9. The van der Waals surface area contributed by atoms with Gasteiger partial charge in [0.1, 0.15) is 23.3 Å². The van der Waals surface area contributed by atoms with E-state index in [2.05, 4.69) is 58.5 Å². The van der Waals surface area contributed by atoms with Crippen LogP contribution in [0.1, 0.15) is 210 Å². The van der Waals surface area contributed by atoms with Gasteiger partial charge >= 0.3 is 0 Å². The fourth-order valence-electron chi connectivity index (χ4n) is 15.7. The van der Waals surface area contributed by atoms with Gasteiger partial charge in [0.2, 0.25) is 11.8 Å². The van der Waals surface area contributed by atoms with Gasteiger partial charge in [-0.2, -0.15) is 0 Å². The fourth-order valence-corrected chi connectivity index (χ4v) is 15.7. The first-order valence-corrected chi connectivity index (χ1v) is 38.5. The molecule has 6 fully saturated rings. The van der Waals surface area contributed by atoms with Crippen LogP contribution in [0.25, 0.3) is 50.3 Å². The summed E-state index contributed by atoms with van der Waals surface area (Å²) in [5, 5.41) is 2.82. The Morgan fingerprint density at radius 1 is 0.423 bits per heavy atom. The van der Waals surface area contributed by atoms with Crippen LogP contribution >= 0.6 is 0 Å². The predicted octanol–water partition coefficient (Wildman–Crippen LogP) is 15.3. The molecule has 3 saturated heterocycles. The second-order valence-electron chi connectivity index (χ2n) is 29.1. The maximum absolute atomic E-state index is 12.9. The fraction of sp³-hybridized carbons (Fsp3) is 0.292. The average Bonchev–Trinajstić information content (AvgIpc) is 1.60. The summed E-state index contributed by atoms with van der Waals surface area (Å²) in [5.41, 5.74) is 14.8. The molecule has 0 radical (unpaired) electrons. The number of carbonyl (C=O) groups excluding carboxylic acids is 6. The molecule has 111 heavy (non-hydrogen) atoms. The topological polar surface area (TPSA) is 253 Å². The van der Waals surface area contributed by atoms with Gasteiger partial charge in [0, 0.05) is 138 Å². The van der Waals surface area contributed by atoms with Gasteiger partial charge in [0.15, 0.2) is 11.6 Å². The molecule has 0 unspecified atom stereocenters. The van der Waals surface area contributed by atoms with Crippen LogP contribution in [0, 0.1) is 11.8 Å². The molecule has 18 rings (SSSR count). The Morgan fingerprint density at radius 3 is 1.18 bits per heavy atom. The van der Waals surface area contributed by atoms with Crippen molar-refractivity contribution >= 4 is 57.6 Å². The van der Waals surface area contributed by atoms with E-state index in [9.17, 15) is 28.8 Å². The number of hydrogen-bond acceptors (Lipinski definition) is 15. The zero-order valence-corrected chi connectivity index (χ0v) is 61.9. The molecule has 1 N–H and O–H groups in total. The number of hydrogen-bond donors (Lipinski definition) is 1. The molecule has 22 nitrogen and oxygen atoms in total. The number of nitrogens with zero attached hydrogens (tertiary/aromatic N) is 15. The zero-order chi connectivity index (χ0) is 76.1. The van der Waals surface area contributed by atoms with Crippen molar-refractivity contribution in [3.05, 3.63) is 271 Å². The number of amides is 4.